The van der Waals surface area contributed by atoms with Crippen molar-refractivity contribution < 1.29 is 19.4 Å². The number of rotatable bonds is 4. The number of nitrogens with two attached hydrogens (primary N) is 1. The smallest absolute Gasteiger partial charge is 0.377 e. The Balaban J connectivity index is 2.29. The van der Waals surface area contributed by atoms with Crippen molar-refractivity contribution in [2.24, 2.45) is 10.7 Å². The van der Waals surface area contributed by atoms with Gasteiger partial charge in [0.1, 0.15) is 0 Å². The summed E-state index contributed by atoms with van der Waals surface area (Å²) in [6.07, 6.45) is 2.35. The first-order valence-electron chi connectivity index (χ1n) is 7.29. The summed E-state index contributed by atoms with van der Waals surface area (Å²) in [4.78, 5) is 29.6. The molecule has 0 radical (unpaired) electrons. The molecule has 1 aromatic carbocycles. The number of carbonyl (C=O) groups is 1. The molecule has 1 aromatic rings. The van der Waals surface area contributed by atoms with E-state index in [1.54, 1.807) is 23.1 Å². The number of halogens is 1. The molecule has 0 aliphatic carbocycles. The van der Waals surface area contributed by atoms with Crippen molar-refractivity contribution in [1.82, 2.24) is 4.90 Å². The van der Waals surface area contributed by atoms with Crippen LogP contribution in [-0.4, -0.2) is 47.8 Å². The minimum absolute atomic E-state index is 0.201. The highest BCUT2D eigenvalue weighted by molar-refractivity contribution is 6.30. The fraction of sp³-hybridized carbons (Fsp3) is 0.267. The lowest BCUT2D eigenvalue weighted by molar-refractivity contribution is -0.448. The highest BCUT2D eigenvalue weighted by atomic mass is 35.5. The van der Waals surface area contributed by atoms with Crippen LogP contribution in [0.5, 0.6) is 0 Å². The zero-order valence-electron chi connectivity index (χ0n) is 13.2. The molecule has 1 heterocycles. The Bertz CT molecular complexity index is 749. The van der Waals surface area contributed by atoms with Gasteiger partial charge in [-0.05, 0) is 28.8 Å². The van der Waals surface area contributed by atoms with Crippen molar-refractivity contribution in [2.45, 2.75) is 6.04 Å². The van der Waals surface area contributed by atoms with Crippen molar-refractivity contribution in [3.8, 4) is 0 Å². The number of benzene rings is 1. The van der Waals surface area contributed by atoms with Gasteiger partial charge in [-0.1, -0.05) is 18.2 Å². The molecule has 25 heavy (non-hydrogen) atoms. The third-order valence-corrected chi connectivity index (χ3v) is 3.72. The first-order valence-corrected chi connectivity index (χ1v) is 7.67. The molecule has 0 saturated carbocycles. The summed E-state index contributed by atoms with van der Waals surface area (Å²) in [5.74, 6) is -0.845. The van der Waals surface area contributed by atoms with Gasteiger partial charge in [0.25, 0.3) is 6.34 Å². The minimum Gasteiger partial charge on any atom is -0.377 e. The van der Waals surface area contributed by atoms with E-state index >= 15 is 0 Å². The molecule has 1 atom stereocenters. The number of nitrogens with zero attached hydrogens (tertiary/aromatic N) is 3. The molecule has 10 heteroatoms. The van der Waals surface area contributed by atoms with Crippen LogP contribution in [-0.2, 0) is 9.53 Å². The standard InChI is InChI=1S/C15H16ClN5O4/c1-2-14(22)20-3-4-25-8-13(20)10-5-11(16)7-12(6-10)18-9-19-15(17)21(23)24/h2,5-7,9,13H,1,3-4,8H2,(H2,17,18,19)/p+1/t13-/m0/s1. The van der Waals surface area contributed by atoms with Crippen molar-refractivity contribution in [3.05, 3.63) is 51.6 Å². The Labute approximate surface area is 148 Å². The maximum atomic E-state index is 12.0. The molecule has 132 valence electrons. The highest BCUT2D eigenvalue weighted by Crippen LogP contribution is 2.30. The lowest BCUT2D eigenvalue weighted by Gasteiger charge is -2.35. The fourth-order valence-corrected chi connectivity index (χ4v) is 2.59. The number of guanidine groups is 1. The van der Waals surface area contributed by atoms with Crippen LogP contribution < -0.4 is 10.7 Å². The van der Waals surface area contributed by atoms with E-state index in [1.807, 2.05) is 0 Å². The van der Waals surface area contributed by atoms with Gasteiger partial charge >= 0.3 is 5.96 Å². The normalized spacial score (nSPS) is 18.4. The summed E-state index contributed by atoms with van der Waals surface area (Å²) >= 11 is 6.13. The van der Waals surface area contributed by atoms with Crippen molar-refractivity contribution in [3.63, 3.8) is 0 Å². The van der Waals surface area contributed by atoms with E-state index < -0.39 is 10.9 Å². The Hall–Kier alpha value is -2.78. The first-order chi connectivity index (χ1) is 11.9. The third kappa shape index (κ3) is 4.85. The number of amides is 1. The fourth-order valence-electron chi connectivity index (χ4n) is 2.35. The predicted octanol–water partition coefficient (Wildman–Crippen LogP) is -0.242. The second kappa shape index (κ2) is 8.36. The van der Waals surface area contributed by atoms with Gasteiger partial charge in [-0.15, -0.1) is 0 Å². The summed E-state index contributed by atoms with van der Waals surface area (Å²) in [6, 6.07) is 4.69. The quantitative estimate of drug-likeness (QED) is 0.250. The first kappa shape index (κ1) is 18.6. The van der Waals surface area contributed by atoms with E-state index in [0.29, 0.717) is 30.5 Å². The van der Waals surface area contributed by atoms with Crippen molar-refractivity contribution in [2.75, 3.05) is 19.8 Å². The van der Waals surface area contributed by atoms with Gasteiger partial charge in [0.2, 0.25) is 5.91 Å². The Kier molecular flexibility index (Phi) is 6.20. The number of carbonyl (C=O) groups excluding carboxylic acids is 1. The average molecular weight is 367 g/mol. The number of hydrogen-bond acceptors (Lipinski definition) is 5. The Morgan fingerprint density at radius 1 is 1.56 bits per heavy atom. The molecule has 1 fully saturated rings. The summed E-state index contributed by atoms with van der Waals surface area (Å²) in [5.41, 5.74) is 6.33. The molecule has 1 saturated heterocycles. The third-order valence-electron chi connectivity index (χ3n) is 3.50. The minimum atomic E-state index is -0.770. The molecule has 0 spiro atoms. The number of hydrogen-bond donors (Lipinski definition) is 2. The summed E-state index contributed by atoms with van der Waals surface area (Å²) in [6.45, 7) is 4.72. The maximum Gasteiger partial charge on any atom is 0.482 e. The van der Waals surface area contributed by atoms with Gasteiger partial charge in [-0.2, -0.15) is 4.99 Å². The SMILES string of the molecule is C=CC(=O)N1CCOC[C@H]1c1cc(Cl)cc(N=C[NH+]=C(N)[N+](=O)[O-])c1. The lowest BCUT2D eigenvalue weighted by atomic mass is 10.0. The molecular weight excluding hydrogens is 350 g/mol. The predicted molar refractivity (Wildman–Crippen MR) is 92.2 cm³/mol. The van der Waals surface area contributed by atoms with Gasteiger partial charge < -0.3 is 19.8 Å². The van der Waals surface area contributed by atoms with Crippen LogP contribution in [0.15, 0.2) is 35.8 Å². The van der Waals surface area contributed by atoms with E-state index in [-0.39, 0.29) is 11.9 Å². The molecule has 0 aromatic heterocycles. The van der Waals surface area contributed by atoms with Crippen LogP contribution in [0.1, 0.15) is 11.6 Å². The highest BCUT2D eigenvalue weighted by Gasteiger charge is 2.28. The zero-order chi connectivity index (χ0) is 18.4. The summed E-state index contributed by atoms with van der Waals surface area (Å²) < 4.78 is 5.46. The monoisotopic (exact) mass is 366 g/mol. The van der Waals surface area contributed by atoms with Crippen LogP contribution in [0.3, 0.4) is 0 Å². The van der Waals surface area contributed by atoms with Gasteiger partial charge in [0.15, 0.2) is 5.69 Å². The molecule has 3 N–H and O–H groups in total. The van der Waals surface area contributed by atoms with E-state index in [4.69, 9.17) is 22.1 Å². The Morgan fingerprint density at radius 3 is 3.00 bits per heavy atom. The maximum absolute atomic E-state index is 12.0. The second-order valence-electron chi connectivity index (χ2n) is 5.11. The number of nitro groups is 1. The molecule has 1 amide bonds. The number of morpholine rings is 1. The van der Waals surface area contributed by atoms with Crippen LogP contribution in [0.25, 0.3) is 0 Å². The van der Waals surface area contributed by atoms with Crippen LogP contribution in [0.2, 0.25) is 5.02 Å². The molecular formula is C15H17ClN5O4+. The molecule has 2 rings (SSSR count). The number of nitrogens with one attached hydrogen (secondary N) is 1. The van der Waals surface area contributed by atoms with E-state index in [9.17, 15) is 14.9 Å². The van der Waals surface area contributed by atoms with Crippen molar-refractivity contribution in [1.29, 1.82) is 0 Å². The van der Waals surface area contributed by atoms with Gasteiger partial charge in [-0.3, -0.25) is 4.79 Å². The van der Waals surface area contributed by atoms with E-state index in [0.717, 1.165) is 11.9 Å². The number of ether oxygens (including phenoxy) is 1. The van der Waals surface area contributed by atoms with E-state index in [2.05, 4.69) is 16.6 Å². The lowest BCUT2D eigenvalue weighted by Crippen LogP contribution is -2.75. The zero-order valence-corrected chi connectivity index (χ0v) is 14.0. The van der Waals surface area contributed by atoms with E-state index in [1.165, 1.54) is 6.08 Å². The van der Waals surface area contributed by atoms with Gasteiger partial charge in [-0.25, -0.2) is 5.73 Å². The molecule has 1 aliphatic heterocycles. The van der Waals surface area contributed by atoms with Gasteiger partial charge in [0.05, 0.1) is 19.3 Å². The Morgan fingerprint density at radius 2 is 2.32 bits per heavy atom. The number of aliphatic imine (C=N–C) groups is 1. The average Bonchev–Trinajstić information content (AvgIpc) is 2.60. The van der Waals surface area contributed by atoms with Crippen LogP contribution in [0.4, 0.5) is 5.69 Å². The van der Waals surface area contributed by atoms with Crippen LogP contribution in [0, 0.1) is 10.1 Å². The molecule has 9 nitrogen and oxygen atoms in total. The van der Waals surface area contributed by atoms with Gasteiger partial charge in [0, 0.05) is 22.6 Å². The van der Waals surface area contributed by atoms with Crippen LogP contribution >= 0.6 is 11.6 Å². The topological polar surface area (TPSA) is 125 Å². The largest absolute Gasteiger partial charge is 0.482 e. The second-order valence-corrected chi connectivity index (χ2v) is 5.55. The molecule has 0 bridgehead atoms. The molecule has 1 aliphatic rings. The summed E-state index contributed by atoms with van der Waals surface area (Å²) in [5, 5.41) is 10.8. The molecule has 0 unspecified atom stereocenters. The van der Waals surface area contributed by atoms with Crippen molar-refractivity contribution >= 4 is 35.5 Å². The summed E-state index contributed by atoms with van der Waals surface area (Å²) in [7, 11) is 0.